The Morgan fingerprint density at radius 1 is 0.885 bits per heavy atom. The molecule has 0 fully saturated rings. The Morgan fingerprint density at radius 3 is 1.42 bits per heavy atom. The second-order valence-electron chi connectivity index (χ2n) is 5.34. The van der Waals surface area contributed by atoms with Crippen LogP contribution in [-0.2, 0) is 34.3 Å². The Labute approximate surface area is 180 Å². The molecule has 0 amide bonds. The van der Waals surface area contributed by atoms with Crippen LogP contribution in [0.5, 0.6) is 0 Å². The van der Waals surface area contributed by atoms with Crippen LogP contribution in [0, 0.1) is 26.8 Å². The van der Waals surface area contributed by atoms with E-state index in [4.69, 9.17) is 13.3 Å². The van der Waals surface area contributed by atoms with E-state index in [0.717, 1.165) is 31.3 Å². The van der Waals surface area contributed by atoms with Crippen LogP contribution in [0.25, 0.3) is 0 Å². The summed E-state index contributed by atoms with van der Waals surface area (Å²) in [6, 6.07) is 0.701. The first-order chi connectivity index (χ1) is 12.0. The molecule has 0 radical (unpaired) electrons. The van der Waals surface area contributed by atoms with Crippen molar-refractivity contribution >= 4 is 8.80 Å². The Kier molecular flexibility index (Phi) is 35.8. The molecule has 0 atom stereocenters. The van der Waals surface area contributed by atoms with E-state index in [1.807, 2.05) is 6.08 Å². The topological polar surface area (TPSA) is 27.7 Å². The molecule has 0 aromatic heterocycles. The molecule has 0 heterocycles. The Morgan fingerprint density at radius 2 is 1.23 bits per heavy atom. The third-order valence-corrected chi connectivity index (χ3v) is 5.85. The second-order valence-corrected chi connectivity index (χ2v) is 8.29. The second kappa shape index (κ2) is 27.5. The minimum absolute atomic E-state index is 0. The van der Waals surface area contributed by atoms with Crippen LogP contribution in [0.1, 0.15) is 65.7 Å². The van der Waals surface area contributed by atoms with Gasteiger partial charge in [0.25, 0.3) is 0 Å². The minimum Gasteiger partial charge on any atom is -0.377 e. The predicted molar refractivity (Wildman–Crippen MR) is 113 cm³/mol. The van der Waals surface area contributed by atoms with Crippen LogP contribution in [0.2, 0.25) is 6.04 Å². The fraction of sp³-hybridized carbons (Fsp3) is 0.667. The molecule has 26 heavy (non-hydrogen) atoms. The van der Waals surface area contributed by atoms with Gasteiger partial charge in [0.1, 0.15) is 0 Å². The van der Waals surface area contributed by atoms with Gasteiger partial charge in [-0.25, -0.2) is 11.6 Å². The first-order valence-electron chi connectivity index (χ1n) is 9.30. The molecule has 5 heteroatoms. The summed E-state index contributed by atoms with van der Waals surface area (Å²) in [6.45, 7) is 17.2. The number of rotatable bonds is 8. The van der Waals surface area contributed by atoms with Gasteiger partial charge in [0, 0.05) is 27.4 Å². The van der Waals surface area contributed by atoms with E-state index in [0.29, 0.717) is 6.04 Å². The number of hydrogen-bond acceptors (Lipinski definition) is 3. The standard InChI is InChI=1S/C9H15O3Si.3C4H9.Pt/c1-10-13(11-2,12-3)8-9-6-4-5-7-9;3*1-3-4-2;/h4,6H,5,8H2,1-3H3;3*1,3-4H2,2H3;/q4*-1;+4. The average molecular weight is 566 g/mol. The monoisotopic (exact) mass is 565 g/mol. The first-order valence-corrected chi connectivity index (χ1v) is 11.2. The maximum atomic E-state index is 5.30. The van der Waals surface area contributed by atoms with Crippen LogP contribution >= 0.6 is 0 Å². The molecule has 158 valence electrons. The Bertz CT molecular complexity index is 280. The van der Waals surface area contributed by atoms with Crippen molar-refractivity contribution in [3.63, 3.8) is 0 Å². The van der Waals surface area contributed by atoms with Crippen molar-refractivity contribution in [2.75, 3.05) is 21.3 Å². The van der Waals surface area contributed by atoms with Gasteiger partial charge >= 0.3 is 29.9 Å². The molecule has 1 aliphatic rings. The van der Waals surface area contributed by atoms with Crippen molar-refractivity contribution in [1.29, 1.82) is 0 Å². The molecular formula is C21H42O3PtSi. The fourth-order valence-electron chi connectivity index (χ4n) is 1.27. The number of hydrogen-bond donors (Lipinski definition) is 0. The molecule has 0 bridgehead atoms. The van der Waals surface area contributed by atoms with Gasteiger partial charge in [-0.1, -0.05) is 40.0 Å². The molecule has 0 spiro atoms. The molecular weight excluding hydrogens is 523 g/mol. The van der Waals surface area contributed by atoms with Gasteiger partial charge in [-0.15, -0.1) is 6.42 Å². The molecule has 0 aromatic carbocycles. The molecule has 3 nitrogen and oxygen atoms in total. The van der Waals surface area contributed by atoms with Crippen LogP contribution in [0.3, 0.4) is 0 Å². The van der Waals surface area contributed by atoms with Gasteiger partial charge in [0.15, 0.2) is 0 Å². The average Bonchev–Trinajstić information content (AvgIpc) is 3.19. The summed E-state index contributed by atoms with van der Waals surface area (Å²) in [4.78, 5) is 0. The predicted octanol–water partition coefficient (Wildman–Crippen LogP) is 6.41. The van der Waals surface area contributed by atoms with Crippen LogP contribution < -0.4 is 0 Å². The van der Waals surface area contributed by atoms with Gasteiger partial charge in [-0.3, -0.25) is 6.08 Å². The van der Waals surface area contributed by atoms with Gasteiger partial charge in [-0.2, -0.15) is 25.3 Å². The van der Waals surface area contributed by atoms with Crippen molar-refractivity contribution in [2.24, 2.45) is 0 Å². The summed E-state index contributed by atoms with van der Waals surface area (Å²) in [6.07, 6.45) is 15.0. The maximum absolute atomic E-state index is 5.30. The van der Waals surface area contributed by atoms with Crippen molar-refractivity contribution < 1.29 is 34.3 Å². The van der Waals surface area contributed by atoms with Crippen molar-refractivity contribution in [3.05, 3.63) is 44.6 Å². The van der Waals surface area contributed by atoms with Crippen molar-refractivity contribution in [1.82, 2.24) is 0 Å². The minimum atomic E-state index is -2.43. The molecule has 1 rings (SSSR count). The molecule has 0 saturated heterocycles. The van der Waals surface area contributed by atoms with Crippen molar-refractivity contribution in [3.8, 4) is 0 Å². The molecule has 0 aliphatic heterocycles. The van der Waals surface area contributed by atoms with E-state index >= 15 is 0 Å². The van der Waals surface area contributed by atoms with Crippen LogP contribution in [0.15, 0.2) is 17.7 Å². The summed E-state index contributed by atoms with van der Waals surface area (Å²) >= 11 is 0. The number of unbranched alkanes of at least 4 members (excludes halogenated alkanes) is 3. The maximum Gasteiger partial charge on any atom is 4.00 e. The smallest absolute Gasteiger partial charge is 0.377 e. The summed E-state index contributed by atoms with van der Waals surface area (Å²) in [5.41, 5.74) is 1.12. The molecule has 1 aliphatic carbocycles. The van der Waals surface area contributed by atoms with E-state index in [1.165, 1.54) is 19.3 Å². The quantitative estimate of drug-likeness (QED) is 0.251. The summed E-state index contributed by atoms with van der Waals surface area (Å²) < 4.78 is 15.9. The number of allylic oxidation sites excluding steroid dienone is 4. The van der Waals surface area contributed by atoms with E-state index < -0.39 is 8.80 Å². The Hall–Kier alpha value is 0.265. The van der Waals surface area contributed by atoms with Gasteiger partial charge in [0.2, 0.25) is 0 Å². The van der Waals surface area contributed by atoms with Gasteiger partial charge in [0.05, 0.1) is 0 Å². The van der Waals surface area contributed by atoms with E-state index in [1.54, 1.807) is 21.3 Å². The largest absolute Gasteiger partial charge is 4.00 e. The third-order valence-electron chi connectivity index (χ3n) is 3.17. The van der Waals surface area contributed by atoms with Crippen molar-refractivity contribution in [2.45, 2.75) is 71.8 Å². The molecule has 0 unspecified atom stereocenters. The van der Waals surface area contributed by atoms with Crippen LogP contribution in [0.4, 0.5) is 0 Å². The van der Waals surface area contributed by atoms with Gasteiger partial charge < -0.3 is 34.0 Å². The molecule has 0 aromatic rings. The zero-order valence-corrected chi connectivity index (χ0v) is 21.2. The van der Waals surface area contributed by atoms with E-state index in [2.05, 4.69) is 53.7 Å². The Balaban J connectivity index is -0.000000155. The fourth-order valence-corrected chi connectivity index (χ4v) is 2.91. The zero-order chi connectivity index (χ0) is 20.0. The van der Waals surface area contributed by atoms with E-state index in [9.17, 15) is 0 Å². The van der Waals surface area contributed by atoms with Gasteiger partial charge in [-0.05, 0) is 0 Å². The molecule has 0 saturated carbocycles. The summed E-state index contributed by atoms with van der Waals surface area (Å²) in [5, 5.41) is 0. The normalized spacial score (nSPS) is 11.7. The SMILES string of the molecule is CO[Si](CC1=[C-]CC=C1)(OC)OC.[CH2-]CCC.[CH2-]CCC.[CH2-]CCC.[Pt+4]. The van der Waals surface area contributed by atoms with Crippen LogP contribution in [-0.4, -0.2) is 30.1 Å². The van der Waals surface area contributed by atoms with E-state index in [-0.39, 0.29) is 21.1 Å². The first kappa shape index (κ1) is 33.8. The third kappa shape index (κ3) is 22.3. The summed E-state index contributed by atoms with van der Waals surface area (Å²) in [7, 11) is 2.44. The molecule has 0 N–H and O–H groups in total. The summed E-state index contributed by atoms with van der Waals surface area (Å²) in [5.74, 6) is 0. The zero-order valence-electron chi connectivity index (χ0n) is 18.0.